The van der Waals surface area contributed by atoms with Gasteiger partial charge >= 0.3 is 5.97 Å². The molecule has 0 saturated heterocycles. The molecule has 0 atom stereocenters. The zero-order valence-electron chi connectivity index (χ0n) is 21.8. The number of amides is 2. The summed E-state index contributed by atoms with van der Waals surface area (Å²) in [5.41, 5.74) is 6.50. The molecule has 0 aliphatic heterocycles. The normalized spacial score (nSPS) is 11.0. The molecule has 2 aromatic heterocycles. The number of aromatic nitrogens is 4. The number of fused-ring (bicyclic) bond motifs is 1. The lowest BCUT2D eigenvalue weighted by atomic mass is 10.1. The molecule has 0 bridgehead atoms. The fraction of sp³-hybridized carbons (Fsp3) is 0.111. The van der Waals surface area contributed by atoms with E-state index in [0.717, 1.165) is 0 Å². The minimum Gasteiger partial charge on any atom is -0.478 e. The number of aromatic carboxylic acids is 1. The summed E-state index contributed by atoms with van der Waals surface area (Å²) < 4.78 is 1.39. The van der Waals surface area contributed by atoms with Gasteiger partial charge in [-0.2, -0.15) is 0 Å². The topological polar surface area (TPSA) is 214 Å². The predicted molar refractivity (Wildman–Crippen MR) is 154 cm³/mol. The second-order valence-corrected chi connectivity index (χ2v) is 9.67. The average molecular weight is 587 g/mol. The van der Waals surface area contributed by atoms with Crippen LogP contribution in [0.2, 0.25) is 0 Å². The van der Waals surface area contributed by atoms with Crippen LogP contribution < -0.4 is 32.5 Å². The van der Waals surface area contributed by atoms with Gasteiger partial charge in [0.1, 0.15) is 22.8 Å². The molecule has 0 aliphatic carbocycles. The highest BCUT2D eigenvalue weighted by atomic mass is 32.1. The minimum atomic E-state index is -1.04. The Morgan fingerprint density at radius 2 is 1.71 bits per heavy atom. The van der Waals surface area contributed by atoms with E-state index in [2.05, 4.69) is 31.1 Å². The molecule has 2 heterocycles. The number of aryl methyl sites for hydroxylation is 1. The molecule has 5 aromatic rings. The Balaban J connectivity index is 1.32. The van der Waals surface area contributed by atoms with E-state index in [0.29, 0.717) is 22.4 Å². The Kier molecular flexibility index (Phi) is 7.33. The first kappa shape index (κ1) is 27.9. The van der Waals surface area contributed by atoms with Crippen LogP contribution in [0.3, 0.4) is 0 Å². The number of carboxylic acid groups (broad SMARTS) is 1. The second-order valence-electron chi connectivity index (χ2n) is 9.28. The van der Waals surface area contributed by atoms with Crippen LogP contribution in [0, 0.1) is 11.7 Å². The van der Waals surface area contributed by atoms with E-state index < -0.39 is 28.6 Å². The molecule has 0 spiro atoms. The van der Waals surface area contributed by atoms with Gasteiger partial charge in [-0.3, -0.25) is 19.2 Å². The summed E-state index contributed by atoms with van der Waals surface area (Å²) in [7, 11) is 0. The number of nitrogen functional groups attached to an aromatic ring is 1. The van der Waals surface area contributed by atoms with Gasteiger partial charge in [-0.05, 0) is 60.1 Å². The Morgan fingerprint density at radius 3 is 2.40 bits per heavy atom. The number of nitrogens with zero attached hydrogens (tertiary/aromatic N) is 3. The number of nitrogens with one attached hydrogen (secondary N) is 4. The smallest absolute Gasteiger partial charge is 0.335 e. The summed E-state index contributed by atoms with van der Waals surface area (Å²) in [4.78, 5) is 64.7. The molecule has 0 aliphatic rings. The summed E-state index contributed by atoms with van der Waals surface area (Å²) in [6.45, 7) is 1.82. The van der Waals surface area contributed by atoms with E-state index in [1.165, 1.54) is 16.5 Å². The van der Waals surface area contributed by atoms with Crippen LogP contribution >= 0.6 is 12.2 Å². The van der Waals surface area contributed by atoms with Gasteiger partial charge in [-0.25, -0.2) is 19.3 Å². The van der Waals surface area contributed by atoms with Gasteiger partial charge in [-0.1, -0.05) is 24.3 Å². The van der Waals surface area contributed by atoms with E-state index in [1.54, 1.807) is 43.3 Å². The van der Waals surface area contributed by atoms with Crippen molar-refractivity contribution in [3.8, 4) is 0 Å². The van der Waals surface area contributed by atoms with Crippen molar-refractivity contribution in [1.82, 2.24) is 30.2 Å². The van der Waals surface area contributed by atoms with Crippen molar-refractivity contribution < 1.29 is 19.5 Å². The number of H-pyrrole nitrogens is 1. The van der Waals surface area contributed by atoms with Gasteiger partial charge in [0.15, 0.2) is 0 Å². The van der Waals surface area contributed by atoms with Crippen LogP contribution in [0.25, 0.3) is 5.78 Å². The lowest BCUT2D eigenvalue weighted by Crippen LogP contribution is -2.36. The van der Waals surface area contributed by atoms with Crippen LogP contribution in [-0.2, 0) is 13.1 Å². The van der Waals surface area contributed by atoms with Gasteiger partial charge in [0.25, 0.3) is 28.4 Å². The van der Waals surface area contributed by atoms with Crippen molar-refractivity contribution in [1.29, 1.82) is 0 Å². The molecular weight excluding hydrogens is 564 g/mol. The third-order valence-corrected chi connectivity index (χ3v) is 6.70. The van der Waals surface area contributed by atoms with Crippen molar-refractivity contribution in [3.63, 3.8) is 0 Å². The number of hydrogen-bond donors (Lipinski definition) is 6. The van der Waals surface area contributed by atoms with E-state index >= 15 is 0 Å². The highest BCUT2D eigenvalue weighted by Gasteiger charge is 2.20. The molecular formula is C27H22N8O6S. The fourth-order valence-electron chi connectivity index (χ4n) is 4.26. The van der Waals surface area contributed by atoms with E-state index in [9.17, 15) is 29.1 Å². The zero-order chi connectivity index (χ0) is 30.1. The zero-order valence-corrected chi connectivity index (χ0v) is 22.7. The first-order chi connectivity index (χ1) is 20.0. The quantitative estimate of drug-likeness (QED) is 0.108. The molecule has 2 amide bonds. The van der Waals surface area contributed by atoms with Crippen molar-refractivity contribution in [2.75, 3.05) is 11.1 Å². The highest BCUT2D eigenvalue weighted by molar-refractivity contribution is 7.71. The molecule has 7 N–H and O–H groups in total. The van der Waals surface area contributed by atoms with E-state index in [-0.39, 0.29) is 52.0 Å². The van der Waals surface area contributed by atoms with Crippen LogP contribution in [0.1, 0.15) is 48.0 Å². The van der Waals surface area contributed by atoms with Crippen molar-refractivity contribution in [2.45, 2.75) is 20.0 Å². The molecule has 0 fully saturated rings. The molecule has 5 rings (SSSR count). The van der Waals surface area contributed by atoms with Crippen LogP contribution in [0.15, 0.2) is 58.1 Å². The third-order valence-electron chi connectivity index (χ3n) is 6.43. The fourth-order valence-corrected chi connectivity index (χ4v) is 4.48. The maximum Gasteiger partial charge on any atom is 0.335 e. The number of carbonyl (C=O) groups is 3. The van der Waals surface area contributed by atoms with Crippen molar-refractivity contribution in [3.05, 3.63) is 107 Å². The van der Waals surface area contributed by atoms with Gasteiger partial charge < -0.3 is 26.8 Å². The number of benzene rings is 2. The number of nitrogens with two attached hydrogens (primary N) is 1. The monoisotopic (exact) mass is 586 g/mol. The average Bonchev–Trinajstić information content (AvgIpc) is 3.36. The van der Waals surface area contributed by atoms with Crippen LogP contribution in [0.4, 0.5) is 17.1 Å². The SMILES string of the molecule is Cc1cc(CNC(=O)c2cc(C(=O)NCc3cccc(Nc4c(N)c(=O)c4=O)c3)n3c(=S)[nH]nc3n2)ccc1C(=O)O. The summed E-state index contributed by atoms with van der Waals surface area (Å²) in [5.74, 6) is -2.19. The summed E-state index contributed by atoms with van der Waals surface area (Å²) in [6, 6.07) is 12.8. The molecule has 15 heteroatoms. The molecule has 212 valence electrons. The van der Waals surface area contributed by atoms with Crippen LogP contribution in [0.5, 0.6) is 0 Å². The van der Waals surface area contributed by atoms with E-state index in [4.69, 9.17) is 18.0 Å². The Hall–Kier alpha value is -5.70. The Morgan fingerprint density at radius 1 is 1.00 bits per heavy atom. The lowest BCUT2D eigenvalue weighted by Gasteiger charge is -2.12. The van der Waals surface area contributed by atoms with Crippen molar-refractivity contribution >= 4 is 52.8 Å². The predicted octanol–water partition coefficient (Wildman–Crippen LogP) is 1.58. The Bertz CT molecular complexity index is 2040. The summed E-state index contributed by atoms with van der Waals surface area (Å²) in [6.07, 6.45) is 0. The largest absolute Gasteiger partial charge is 0.478 e. The molecule has 0 radical (unpaired) electrons. The highest BCUT2D eigenvalue weighted by Crippen LogP contribution is 2.19. The maximum atomic E-state index is 13.3. The van der Waals surface area contributed by atoms with E-state index in [1.807, 2.05) is 0 Å². The number of carboxylic acids is 1. The molecule has 14 nitrogen and oxygen atoms in total. The second kappa shape index (κ2) is 11.1. The molecule has 42 heavy (non-hydrogen) atoms. The number of anilines is 3. The molecule has 0 saturated carbocycles. The van der Waals surface area contributed by atoms with Gasteiger partial charge in [-0.15, -0.1) is 5.10 Å². The molecule has 3 aromatic carbocycles. The van der Waals surface area contributed by atoms with Gasteiger partial charge in [0.2, 0.25) is 4.77 Å². The van der Waals surface area contributed by atoms with Crippen LogP contribution in [-0.4, -0.2) is 42.5 Å². The number of rotatable bonds is 9. The summed E-state index contributed by atoms with van der Waals surface area (Å²) in [5, 5.41) is 24.0. The molecule has 0 unspecified atom stereocenters. The first-order valence-corrected chi connectivity index (χ1v) is 12.8. The minimum absolute atomic E-state index is 0.0104. The van der Waals surface area contributed by atoms with Gasteiger partial charge in [0.05, 0.1) is 5.56 Å². The summed E-state index contributed by atoms with van der Waals surface area (Å²) >= 11 is 5.25. The number of hydrogen-bond acceptors (Lipinski definition) is 10. The van der Waals surface area contributed by atoms with Gasteiger partial charge in [0, 0.05) is 18.8 Å². The maximum absolute atomic E-state index is 13.3. The lowest BCUT2D eigenvalue weighted by molar-refractivity contribution is 0.0695. The first-order valence-electron chi connectivity index (χ1n) is 12.4. The third kappa shape index (κ3) is 5.35. The Labute approximate surface area is 240 Å². The standard InChI is InChI=1S/C27H22N8O6S/c1-12-7-14(5-6-16(12)25(40)41)11-29-23(38)17-9-18(35-26(32-17)33-34-27(35)42)24(39)30-10-13-3-2-4-15(8-13)31-20-19(28)21(36)22(20)37/h2-9,31H,10-11,28H2,1H3,(H,29,38)(H,30,39)(H,34,42)(H,40,41). The number of aromatic amines is 1. The van der Waals surface area contributed by atoms with Crippen molar-refractivity contribution in [2.24, 2.45) is 0 Å². The number of carbonyl (C=O) groups excluding carboxylic acids is 2.